The molecule has 0 saturated heterocycles. The number of aromatic nitrogens is 2. The second-order valence-electron chi connectivity index (χ2n) is 4.80. The minimum atomic E-state index is 0.658. The smallest absolute Gasteiger partial charge is 0.138 e. The van der Waals surface area contributed by atoms with Crippen molar-refractivity contribution in [3.8, 4) is 5.75 Å². The minimum Gasteiger partial charge on any atom is -0.496 e. The molecule has 3 rings (SSSR count). The summed E-state index contributed by atoms with van der Waals surface area (Å²) < 4.78 is 5.40. The van der Waals surface area contributed by atoms with E-state index in [1.54, 1.807) is 18.4 Å². The predicted molar refractivity (Wildman–Crippen MR) is 87.5 cm³/mol. The molecule has 0 bridgehead atoms. The molecule has 5 heteroatoms. The van der Waals surface area contributed by atoms with Gasteiger partial charge in [0.05, 0.1) is 12.5 Å². The highest BCUT2D eigenvalue weighted by atomic mass is 32.1. The summed E-state index contributed by atoms with van der Waals surface area (Å²) in [6, 6.07) is 10.1. The highest BCUT2D eigenvalue weighted by Crippen LogP contribution is 2.29. The number of nitrogens with one attached hydrogen (secondary N) is 1. The van der Waals surface area contributed by atoms with Gasteiger partial charge in [0.2, 0.25) is 0 Å². The Labute approximate surface area is 127 Å². The SMILES string of the molecule is CNc1nc(Cc2ccccc2OC)nc2sc(C)cc12. The average Bonchev–Trinajstić information content (AvgIpc) is 2.87. The number of fused-ring (bicyclic) bond motifs is 1. The van der Waals surface area contributed by atoms with Gasteiger partial charge in [-0.2, -0.15) is 0 Å². The molecule has 0 aliphatic carbocycles. The number of thiophene rings is 1. The summed E-state index contributed by atoms with van der Waals surface area (Å²) in [6.07, 6.45) is 0.658. The van der Waals surface area contributed by atoms with E-state index in [9.17, 15) is 0 Å². The molecular weight excluding hydrogens is 282 g/mol. The monoisotopic (exact) mass is 299 g/mol. The van der Waals surface area contributed by atoms with Crippen LogP contribution in [0.15, 0.2) is 30.3 Å². The normalized spacial score (nSPS) is 10.8. The molecule has 1 aromatic carbocycles. The lowest BCUT2D eigenvalue weighted by molar-refractivity contribution is 0.410. The third-order valence-corrected chi connectivity index (χ3v) is 4.28. The molecule has 2 aromatic heterocycles. The van der Waals surface area contributed by atoms with Crippen LogP contribution in [-0.4, -0.2) is 24.1 Å². The predicted octanol–water partition coefficient (Wildman–Crippen LogP) is 3.64. The van der Waals surface area contributed by atoms with Crippen LogP contribution < -0.4 is 10.1 Å². The van der Waals surface area contributed by atoms with Gasteiger partial charge < -0.3 is 10.1 Å². The minimum absolute atomic E-state index is 0.658. The number of hydrogen-bond acceptors (Lipinski definition) is 5. The van der Waals surface area contributed by atoms with Crippen LogP contribution in [0.4, 0.5) is 5.82 Å². The van der Waals surface area contributed by atoms with E-state index in [4.69, 9.17) is 4.74 Å². The van der Waals surface area contributed by atoms with Crippen LogP contribution in [-0.2, 0) is 6.42 Å². The molecular formula is C16H17N3OS. The molecule has 1 N–H and O–H groups in total. The van der Waals surface area contributed by atoms with Crippen molar-refractivity contribution in [2.24, 2.45) is 0 Å². The van der Waals surface area contributed by atoms with Crippen molar-refractivity contribution in [3.05, 3.63) is 46.6 Å². The van der Waals surface area contributed by atoms with Crippen LogP contribution in [0.5, 0.6) is 5.75 Å². The molecule has 3 aromatic rings. The quantitative estimate of drug-likeness (QED) is 0.799. The summed E-state index contributed by atoms with van der Waals surface area (Å²) in [5.41, 5.74) is 1.09. The van der Waals surface area contributed by atoms with Gasteiger partial charge in [0.1, 0.15) is 22.2 Å². The van der Waals surface area contributed by atoms with E-state index >= 15 is 0 Å². The van der Waals surface area contributed by atoms with Crippen LogP contribution in [0.25, 0.3) is 10.2 Å². The third-order valence-electron chi connectivity index (χ3n) is 3.34. The number of anilines is 1. The largest absolute Gasteiger partial charge is 0.496 e. The molecule has 108 valence electrons. The summed E-state index contributed by atoms with van der Waals surface area (Å²) in [5, 5.41) is 4.25. The number of nitrogens with zero attached hydrogens (tertiary/aromatic N) is 2. The molecule has 0 aliphatic heterocycles. The van der Waals surface area contributed by atoms with Gasteiger partial charge in [-0.05, 0) is 19.1 Å². The van der Waals surface area contributed by atoms with Crippen molar-refractivity contribution < 1.29 is 4.74 Å². The van der Waals surface area contributed by atoms with Crippen molar-refractivity contribution in [2.75, 3.05) is 19.5 Å². The Balaban J connectivity index is 2.04. The zero-order valence-electron chi connectivity index (χ0n) is 12.3. The average molecular weight is 299 g/mol. The van der Waals surface area contributed by atoms with E-state index in [-0.39, 0.29) is 0 Å². The van der Waals surface area contributed by atoms with Crippen LogP contribution in [0.1, 0.15) is 16.3 Å². The fourth-order valence-electron chi connectivity index (χ4n) is 2.38. The lowest BCUT2D eigenvalue weighted by Gasteiger charge is -2.08. The molecule has 0 fully saturated rings. The van der Waals surface area contributed by atoms with Crippen molar-refractivity contribution >= 4 is 27.4 Å². The maximum absolute atomic E-state index is 5.40. The Bertz CT molecular complexity index is 782. The van der Waals surface area contributed by atoms with Gasteiger partial charge in [-0.1, -0.05) is 18.2 Å². The number of aryl methyl sites for hydroxylation is 1. The molecule has 0 spiro atoms. The number of rotatable bonds is 4. The highest BCUT2D eigenvalue weighted by Gasteiger charge is 2.11. The van der Waals surface area contributed by atoms with E-state index in [0.717, 1.165) is 33.2 Å². The molecule has 2 heterocycles. The molecule has 0 aliphatic rings. The molecule has 0 atom stereocenters. The highest BCUT2D eigenvalue weighted by molar-refractivity contribution is 7.18. The maximum atomic E-state index is 5.40. The molecule has 21 heavy (non-hydrogen) atoms. The van der Waals surface area contributed by atoms with Crippen molar-refractivity contribution in [1.82, 2.24) is 9.97 Å². The first-order valence-electron chi connectivity index (χ1n) is 6.78. The fourth-order valence-corrected chi connectivity index (χ4v) is 3.27. The summed E-state index contributed by atoms with van der Waals surface area (Å²) in [7, 11) is 3.58. The first kappa shape index (κ1) is 13.8. The number of methoxy groups -OCH3 is 1. The van der Waals surface area contributed by atoms with E-state index in [0.29, 0.717) is 6.42 Å². The second kappa shape index (κ2) is 5.69. The summed E-state index contributed by atoms with van der Waals surface area (Å²) in [4.78, 5) is 11.6. The number of benzene rings is 1. The Kier molecular flexibility index (Phi) is 3.75. The van der Waals surface area contributed by atoms with Gasteiger partial charge in [0, 0.05) is 23.9 Å². The summed E-state index contributed by atoms with van der Waals surface area (Å²) in [6.45, 7) is 2.09. The Morgan fingerprint density at radius 3 is 2.81 bits per heavy atom. The van der Waals surface area contributed by atoms with E-state index in [2.05, 4.69) is 28.3 Å². The topological polar surface area (TPSA) is 47.0 Å². The Hall–Kier alpha value is -2.14. The van der Waals surface area contributed by atoms with Crippen LogP contribution in [0.2, 0.25) is 0 Å². The van der Waals surface area contributed by atoms with Gasteiger partial charge in [0.15, 0.2) is 0 Å². The molecule has 0 unspecified atom stereocenters. The van der Waals surface area contributed by atoms with Crippen LogP contribution >= 0.6 is 11.3 Å². The van der Waals surface area contributed by atoms with Crippen molar-refractivity contribution in [2.45, 2.75) is 13.3 Å². The summed E-state index contributed by atoms with van der Waals surface area (Å²) in [5.74, 6) is 2.56. The standard InChI is InChI=1S/C16H17N3OS/c1-10-8-12-15(17-2)18-14(19-16(12)21-10)9-11-6-4-5-7-13(11)20-3/h4-8H,9H2,1-3H3,(H,17,18,19). The Morgan fingerprint density at radius 1 is 1.24 bits per heavy atom. The zero-order valence-corrected chi connectivity index (χ0v) is 13.1. The van der Waals surface area contributed by atoms with Gasteiger partial charge in [-0.3, -0.25) is 0 Å². The maximum Gasteiger partial charge on any atom is 0.138 e. The lowest BCUT2D eigenvalue weighted by atomic mass is 10.1. The molecule has 0 amide bonds. The van der Waals surface area contributed by atoms with Crippen LogP contribution in [0.3, 0.4) is 0 Å². The van der Waals surface area contributed by atoms with Gasteiger partial charge in [-0.25, -0.2) is 9.97 Å². The fraction of sp³-hybridized carbons (Fsp3) is 0.250. The van der Waals surface area contributed by atoms with Gasteiger partial charge in [-0.15, -0.1) is 11.3 Å². The molecule has 0 saturated carbocycles. The third kappa shape index (κ3) is 2.69. The van der Waals surface area contributed by atoms with Gasteiger partial charge in [0.25, 0.3) is 0 Å². The van der Waals surface area contributed by atoms with Gasteiger partial charge >= 0.3 is 0 Å². The van der Waals surface area contributed by atoms with Crippen molar-refractivity contribution in [3.63, 3.8) is 0 Å². The number of ether oxygens (including phenoxy) is 1. The first-order chi connectivity index (χ1) is 10.2. The molecule has 0 radical (unpaired) electrons. The zero-order chi connectivity index (χ0) is 14.8. The Morgan fingerprint density at radius 2 is 2.05 bits per heavy atom. The van der Waals surface area contributed by atoms with Crippen LogP contribution in [0, 0.1) is 6.92 Å². The van der Waals surface area contributed by atoms with Crippen molar-refractivity contribution in [1.29, 1.82) is 0 Å². The lowest BCUT2D eigenvalue weighted by Crippen LogP contribution is -2.02. The van der Waals surface area contributed by atoms with E-state index in [1.165, 1.54) is 4.88 Å². The first-order valence-corrected chi connectivity index (χ1v) is 7.59. The van der Waals surface area contributed by atoms with E-state index in [1.807, 2.05) is 31.3 Å². The number of para-hydroxylation sites is 1. The number of hydrogen-bond donors (Lipinski definition) is 1. The summed E-state index contributed by atoms with van der Waals surface area (Å²) >= 11 is 1.69. The van der Waals surface area contributed by atoms with E-state index < -0.39 is 0 Å². The molecule has 4 nitrogen and oxygen atoms in total. The second-order valence-corrected chi connectivity index (χ2v) is 6.04.